The first kappa shape index (κ1) is 67.0. The van der Waals surface area contributed by atoms with Crippen LogP contribution in [0.1, 0.15) is 162 Å². The maximum absolute atomic E-state index is 13.8. The summed E-state index contributed by atoms with van der Waals surface area (Å²) >= 11 is 12.8. The van der Waals surface area contributed by atoms with Crippen LogP contribution in [0.25, 0.3) is 0 Å². The molecule has 4 aliphatic carbocycles. The van der Waals surface area contributed by atoms with Crippen LogP contribution in [0.3, 0.4) is 0 Å². The van der Waals surface area contributed by atoms with E-state index in [0.717, 1.165) is 98.7 Å². The van der Waals surface area contributed by atoms with Crippen LogP contribution in [0.5, 0.6) is 11.5 Å². The van der Waals surface area contributed by atoms with E-state index >= 15 is 0 Å². The fourth-order valence-electron chi connectivity index (χ4n) is 14.6. The quantitative estimate of drug-likeness (QED) is 0.174. The number of anilines is 2. The molecule has 0 unspecified atom stereocenters. The normalized spacial score (nSPS) is 30.8. The van der Waals surface area contributed by atoms with Crippen molar-refractivity contribution >= 4 is 77.4 Å². The van der Waals surface area contributed by atoms with Crippen molar-refractivity contribution in [3.05, 3.63) is 141 Å². The summed E-state index contributed by atoms with van der Waals surface area (Å²) < 4.78 is 49.2. The molecule has 4 aromatic rings. The van der Waals surface area contributed by atoms with Crippen molar-refractivity contribution in [3.8, 4) is 11.5 Å². The molecule has 18 heteroatoms. The number of amides is 2. The summed E-state index contributed by atoms with van der Waals surface area (Å²) in [5.74, 6) is 0.702. The van der Waals surface area contributed by atoms with Gasteiger partial charge >= 0.3 is 0 Å². The fraction of sp³-hybridized carbons (Fsp3) is 0.543. The summed E-state index contributed by atoms with van der Waals surface area (Å²) in [7, 11) is -6.15. The Hall–Kier alpha value is -5.36. The Labute approximate surface area is 532 Å². The van der Waals surface area contributed by atoms with Crippen LogP contribution in [0, 0.1) is 23.7 Å². The molecule has 4 bridgehead atoms. The number of Topliss-reactive ketones (excluding diaryl/α,β-unsaturated/α-hetero) is 2. The van der Waals surface area contributed by atoms with E-state index in [1.165, 1.54) is 22.3 Å². The first-order valence-corrected chi connectivity index (χ1v) is 35.7. The van der Waals surface area contributed by atoms with Crippen molar-refractivity contribution < 1.29 is 47.3 Å². The Balaban J connectivity index is 0.000000205. The molecule has 4 aliphatic heterocycles. The Morgan fingerprint density at radius 2 is 1.02 bits per heavy atom. The highest BCUT2D eigenvalue weighted by Crippen LogP contribution is 2.49. The number of allylic oxidation sites excluding steroid dienone is 2. The van der Waals surface area contributed by atoms with Crippen molar-refractivity contribution in [2.45, 2.75) is 154 Å². The summed E-state index contributed by atoms with van der Waals surface area (Å²) in [5, 5.41) is 23.7. The number of ketones is 2. The van der Waals surface area contributed by atoms with Crippen LogP contribution >= 0.6 is 23.2 Å². The van der Waals surface area contributed by atoms with E-state index in [2.05, 4.69) is 42.8 Å². The molecule has 88 heavy (non-hydrogen) atoms. The standard InChI is InChI=1S/2C34H41ClN2O5S.2CH4/c2*1-2-27(38)20-43(41)16-5-3-4-8-31(39)28-12-9-25(28)19-37-21-34(15-6-7-23-17-26(35)11-13-29(23)34)22-42-32-14-10-24(18-30(32)37)33(40)36-43;;/h2*4,8,10-11,13-14,17-18,25,28,31,39H,2-3,5-7,9,12,15-16,19-22H2,1H3;2*1H4/b2*8-4+;;/t25-,28+,31-,34-,43+;25-,28+,31-,34-,43-;;/m00../s1. The molecule has 4 aromatic carbocycles. The van der Waals surface area contributed by atoms with Gasteiger partial charge in [0, 0.05) is 82.5 Å². The predicted molar refractivity (Wildman–Crippen MR) is 355 cm³/mol. The molecular formula is C70H90Cl2N4O10S2. The van der Waals surface area contributed by atoms with Crippen LogP contribution in [0.4, 0.5) is 11.4 Å². The molecule has 12 rings (SSSR count). The number of carbonyl (C=O) groups is 4. The number of carbonyl (C=O) groups excluding carboxylic acids is 4. The van der Waals surface area contributed by atoms with Crippen molar-refractivity contribution in [2.75, 3.05) is 72.2 Å². The molecule has 2 saturated carbocycles. The lowest BCUT2D eigenvalue weighted by Crippen LogP contribution is -2.49. The van der Waals surface area contributed by atoms with Gasteiger partial charge in [-0.3, -0.25) is 19.2 Å². The van der Waals surface area contributed by atoms with E-state index in [4.69, 9.17) is 32.7 Å². The maximum Gasteiger partial charge on any atom is 0.285 e. The first-order valence-electron chi connectivity index (χ1n) is 31.3. The SMILES string of the molecule is C.C.CCC(=O)C[S@@]1(=O)=NC(=O)c2ccc3c(c2)N(C[C@@H]2CC[C@H]2[C@@H](O)/C=C/CCC1)C[C@@]1(CCCc2cc(Cl)ccc21)CO3.CCC(=O)C[S@]1(=O)=NC(=O)c2ccc3c(c2)N(C[C@@H]2CC[C@H]2[C@@H](O)/C=C/CCC1)C[C@@]1(CCCc2cc(Cl)ccc21)CO3. The molecule has 476 valence electrons. The number of ether oxygens (including phenoxy) is 2. The maximum atomic E-state index is 13.8. The Morgan fingerprint density at radius 1 is 0.602 bits per heavy atom. The van der Waals surface area contributed by atoms with E-state index in [1.807, 2.05) is 60.7 Å². The number of rotatable bonds is 6. The number of aliphatic hydroxyl groups excluding tert-OH is 2. The minimum atomic E-state index is -3.08. The summed E-state index contributed by atoms with van der Waals surface area (Å²) in [6.07, 6.45) is 19.2. The minimum absolute atomic E-state index is 0. The lowest BCUT2D eigenvalue weighted by Gasteiger charge is -2.45. The van der Waals surface area contributed by atoms with Gasteiger partial charge in [-0.1, -0.05) is 88.3 Å². The molecule has 2 N–H and O–H groups in total. The van der Waals surface area contributed by atoms with Crippen LogP contribution in [-0.2, 0) is 52.7 Å². The Morgan fingerprint density at radius 3 is 1.41 bits per heavy atom. The van der Waals surface area contributed by atoms with Gasteiger partial charge in [0.15, 0.2) is 0 Å². The lowest BCUT2D eigenvalue weighted by molar-refractivity contribution is -0.117. The third kappa shape index (κ3) is 14.7. The Kier molecular flexibility index (Phi) is 21.7. The zero-order valence-corrected chi connectivity index (χ0v) is 52.8. The number of hydrogen-bond donors (Lipinski definition) is 2. The fourth-order valence-corrected chi connectivity index (χ4v) is 19.1. The van der Waals surface area contributed by atoms with Crippen molar-refractivity contribution in [2.24, 2.45) is 32.4 Å². The van der Waals surface area contributed by atoms with Gasteiger partial charge in [-0.15, -0.1) is 0 Å². The smallest absolute Gasteiger partial charge is 0.285 e. The molecule has 0 aromatic heterocycles. The highest BCUT2D eigenvalue weighted by atomic mass is 35.5. The Bertz CT molecular complexity index is 3360. The average Bonchev–Trinajstić information content (AvgIpc) is 1.68. The zero-order valence-electron chi connectivity index (χ0n) is 49.6. The van der Waals surface area contributed by atoms with Crippen molar-refractivity contribution in [3.63, 3.8) is 0 Å². The van der Waals surface area contributed by atoms with Gasteiger partial charge in [0.05, 0.1) is 67.8 Å². The molecular weight excluding hydrogens is 1190 g/mol. The lowest BCUT2D eigenvalue weighted by atomic mass is 9.68. The van der Waals surface area contributed by atoms with E-state index in [0.29, 0.717) is 86.4 Å². The summed E-state index contributed by atoms with van der Waals surface area (Å²) in [4.78, 5) is 56.5. The van der Waals surface area contributed by atoms with Crippen LogP contribution in [0.2, 0.25) is 10.0 Å². The van der Waals surface area contributed by atoms with E-state index in [1.54, 1.807) is 26.0 Å². The number of aryl methyl sites for hydroxylation is 2. The van der Waals surface area contributed by atoms with Crippen molar-refractivity contribution in [1.29, 1.82) is 0 Å². The number of nitrogens with zero attached hydrogens (tertiary/aromatic N) is 4. The molecule has 8 aliphatic rings. The number of aliphatic hydroxyl groups is 2. The minimum Gasteiger partial charge on any atom is -0.490 e. The first-order chi connectivity index (χ1) is 41.4. The van der Waals surface area contributed by atoms with Gasteiger partial charge < -0.3 is 29.5 Å². The van der Waals surface area contributed by atoms with Gasteiger partial charge in [0.25, 0.3) is 11.8 Å². The second-order valence-corrected chi connectivity index (χ2v) is 31.2. The third-order valence-corrected chi connectivity index (χ3v) is 24.6. The van der Waals surface area contributed by atoms with Crippen LogP contribution in [0.15, 0.2) is 106 Å². The predicted octanol–water partition coefficient (Wildman–Crippen LogP) is 13.5. The highest BCUT2D eigenvalue weighted by Gasteiger charge is 2.46. The van der Waals surface area contributed by atoms with Crippen LogP contribution < -0.4 is 19.3 Å². The topological polar surface area (TPSA) is 193 Å². The van der Waals surface area contributed by atoms with Crippen LogP contribution in [-0.4, -0.2) is 117 Å². The molecule has 10 atom stereocenters. The third-order valence-electron chi connectivity index (χ3n) is 19.7. The van der Waals surface area contributed by atoms with E-state index < -0.39 is 43.5 Å². The van der Waals surface area contributed by atoms with E-state index in [-0.39, 0.29) is 84.9 Å². The average molecular weight is 1280 g/mol. The van der Waals surface area contributed by atoms with Gasteiger partial charge in [-0.25, -0.2) is 8.42 Å². The van der Waals surface area contributed by atoms with E-state index in [9.17, 15) is 37.8 Å². The molecule has 0 radical (unpaired) electrons. The van der Waals surface area contributed by atoms with Gasteiger partial charge in [-0.05, 0) is 196 Å². The molecule has 2 fully saturated rings. The molecule has 4 heterocycles. The number of benzene rings is 4. The van der Waals surface area contributed by atoms with Gasteiger partial charge in [0.1, 0.15) is 23.1 Å². The second-order valence-electron chi connectivity index (χ2n) is 25.5. The second kappa shape index (κ2) is 28.4. The number of hydrogen-bond acceptors (Lipinski definition) is 12. The molecule has 14 nitrogen and oxygen atoms in total. The van der Waals surface area contributed by atoms with Gasteiger partial charge in [0.2, 0.25) is 0 Å². The number of halogens is 2. The molecule has 2 amide bonds. The number of fused-ring (bicyclic) bond motifs is 8. The summed E-state index contributed by atoms with van der Waals surface area (Å²) in [6.45, 7) is 7.35. The monoisotopic (exact) mass is 1280 g/mol. The largest absolute Gasteiger partial charge is 0.490 e. The zero-order chi connectivity index (χ0) is 60.4. The summed E-state index contributed by atoms with van der Waals surface area (Å²) in [6, 6.07) is 23.1. The van der Waals surface area contributed by atoms with Gasteiger partial charge in [-0.2, -0.15) is 8.73 Å². The molecule has 2 spiro atoms. The van der Waals surface area contributed by atoms with Crippen molar-refractivity contribution in [1.82, 2.24) is 0 Å². The molecule has 0 saturated heterocycles. The highest BCUT2D eigenvalue weighted by molar-refractivity contribution is 7.94. The summed E-state index contributed by atoms with van der Waals surface area (Å²) in [5.41, 5.74) is 6.87.